The maximum atomic E-state index is 13.0. The zero-order chi connectivity index (χ0) is 46.6. The molecule has 0 aliphatic carbocycles. The molecule has 1 aliphatic heterocycles. The quantitative estimate of drug-likeness (QED) is 0.0263. The van der Waals surface area contributed by atoms with E-state index in [2.05, 4.69) is 116 Å². The van der Waals surface area contributed by atoms with Crippen LogP contribution >= 0.6 is 0 Å². The summed E-state index contributed by atoms with van der Waals surface area (Å²) >= 11 is 0. The van der Waals surface area contributed by atoms with E-state index in [0.29, 0.717) is 6.42 Å². The number of carbonyl (C=O) groups excluding carboxylic acids is 1. The van der Waals surface area contributed by atoms with E-state index in [1.54, 1.807) is 6.08 Å². The Balaban J connectivity index is 2.30. The molecular weight excluding hydrogens is 803 g/mol. The van der Waals surface area contributed by atoms with Gasteiger partial charge in [-0.3, -0.25) is 4.79 Å². The van der Waals surface area contributed by atoms with Crippen molar-refractivity contribution in [1.29, 1.82) is 0 Å². The molecule has 9 nitrogen and oxygen atoms in total. The van der Waals surface area contributed by atoms with Gasteiger partial charge in [-0.1, -0.05) is 181 Å². The first-order valence-corrected chi connectivity index (χ1v) is 25.1. The van der Waals surface area contributed by atoms with Crippen molar-refractivity contribution in [1.82, 2.24) is 5.32 Å². The van der Waals surface area contributed by atoms with Crippen LogP contribution in [0.2, 0.25) is 0 Å². The van der Waals surface area contributed by atoms with E-state index in [4.69, 9.17) is 9.47 Å². The molecule has 0 aromatic rings. The zero-order valence-corrected chi connectivity index (χ0v) is 40.0. The van der Waals surface area contributed by atoms with Crippen molar-refractivity contribution in [2.75, 3.05) is 13.2 Å². The summed E-state index contributed by atoms with van der Waals surface area (Å²) in [5.41, 5.74) is 0. The van der Waals surface area contributed by atoms with Crippen LogP contribution in [0.15, 0.2) is 109 Å². The summed E-state index contributed by atoms with van der Waals surface area (Å²) in [7, 11) is 0. The molecule has 1 amide bonds. The maximum Gasteiger partial charge on any atom is 0.220 e. The molecule has 0 aromatic heterocycles. The number of allylic oxidation sites excluding steroid dienone is 17. The Bertz CT molecular complexity index is 1360. The van der Waals surface area contributed by atoms with E-state index < -0.39 is 49.5 Å². The number of hydrogen-bond acceptors (Lipinski definition) is 8. The fourth-order valence-electron chi connectivity index (χ4n) is 7.07. The van der Waals surface area contributed by atoms with Crippen molar-refractivity contribution >= 4 is 5.91 Å². The van der Waals surface area contributed by atoms with E-state index in [9.17, 15) is 30.3 Å². The van der Waals surface area contributed by atoms with Gasteiger partial charge in [0.05, 0.1) is 25.4 Å². The Morgan fingerprint density at radius 3 is 1.50 bits per heavy atom. The summed E-state index contributed by atoms with van der Waals surface area (Å²) in [6.07, 6.45) is 57.0. The molecular formula is C55H91NO8. The van der Waals surface area contributed by atoms with Crippen LogP contribution < -0.4 is 5.32 Å². The van der Waals surface area contributed by atoms with Crippen LogP contribution in [0.5, 0.6) is 0 Å². The number of carbonyl (C=O) groups is 1. The average molecular weight is 894 g/mol. The highest BCUT2D eigenvalue weighted by Crippen LogP contribution is 2.22. The van der Waals surface area contributed by atoms with E-state index in [-0.39, 0.29) is 12.5 Å². The summed E-state index contributed by atoms with van der Waals surface area (Å²) < 4.78 is 11.2. The minimum Gasteiger partial charge on any atom is -0.394 e. The van der Waals surface area contributed by atoms with Crippen LogP contribution in [-0.4, -0.2) is 87.5 Å². The smallest absolute Gasteiger partial charge is 0.220 e. The van der Waals surface area contributed by atoms with Crippen molar-refractivity contribution in [3.05, 3.63) is 109 Å². The minimum atomic E-state index is -1.58. The Kier molecular flexibility index (Phi) is 40.2. The molecule has 1 saturated heterocycles. The second kappa shape index (κ2) is 43.7. The molecule has 0 bridgehead atoms. The first kappa shape index (κ1) is 58.9. The Morgan fingerprint density at radius 1 is 0.547 bits per heavy atom. The van der Waals surface area contributed by atoms with Crippen molar-refractivity contribution in [2.45, 2.75) is 217 Å². The lowest BCUT2D eigenvalue weighted by Gasteiger charge is -2.40. The highest BCUT2D eigenvalue weighted by Gasteiger charge is 2.44. The second-order valence-corrected chi connectivity index (χ2v) is 16.9. The fourth-order valence-corrected chi connectivity index (χ4v) is 7.07. The van der Waals surface area contributed by atoms with E-state index >= 15 is 0 Å². The largest absolute Gasteiger partial charge is 0.394 e. The standard InChI is InChI=1S/C55H91NO8/c1-3-5-7-9-11-13-15-17-19-20-21-22-23-24-25-26-27-28-29-30-31-33-35-37-39-41-43-45-51(59)56-48(47-63-55-54(62)53(61)52(60)50(46-57)64-55)49(58)44-42-40-38-36-34-32-18-16-14-12-10-8-6-4-2/h5,7,11,13-14,16-17,19,21-22,24-25,27-28,34,36,42,44,48-50,52-55,57-58,60-62H,3-4,6,8-10,12,15,18,20,23,26,29-33,35,37-41,43,45-47H2,1-2H3,(H,56,59)/b7-5-,13-11-,16-14+,19-17-,22-21-,25-24-,28-27-,36-34+,44-42+. The molecule has 0 radical (unpaired) electrons. The molecule has 0 aromatic carbocycles. The number of hydrogen-bond donors (Lipinski definition) is 6. The molecule has 7 unspecified atom stereocenters. The average Bonchev–Trinajstić information content (AvgIpc) is 3.29. The number of ether oxygens (including phenoxy) is 2. The molecule has 0 spiro atoms. The normalized spacial score (nSPS) is 21.0. The van der Waals surface area contributed by atoms with Crippen molar-refractivity contribution in [3.8, 4) is 0 Å². The Morgan fingerprint density at radius 2 is 0.984 bits per heavy atom. The van der Waals surface area contributed by atoms with Crippen LogP contribution in [0.25, 0.3) is 0 Å². The van der Waals surface area contributed by atoms with Gasteiger partial charge in [-0.05, 0) is 96.3 Å². The SMILES string of the molecule is CC/C=C\C/C=C\C/C=C\C/C=C\C/C=C\C/C=C\CCCCCCCCCCC(=O)NC(COC1OC(CO)C(O)C(O)C1O)C(O)/C=C/CC/C=C/CC/C=C/CCCCCC. The van der Waals surface area contributed by atoms with Gasteiger partial charge in [0.15, 0.2) is 6.29 Å². The molecule has 1 heterocycles. The molecule has 1 fully saturated rings. The number of aliphatic hydroxyl groups excluding tert-OH is 5. The van der Waals surface area contributed by atoms with Gasteiger partial charge in [0.1, 0.15) is 24.4 Å². The van der Waals surface area contributed by atoms with Gasteiger partial charge in [-0.15, -0.1) is 0 Å². The predicted molar refractivity (Wildman–Crippen MR) is 267 cm³/mol. The number of rotatable bonds is 40. The fraction of sp³-hybridized carbons (Fsp3) is 0.655. The van der Waals surface area contributed by atoms with Crippen molar-refractivity contribution < 1.29 is 39.8 Å². The van der Waals surface area contributed by atoms with Crippen LogP contribution in [0, 0.1) is 0 Å². The van der Waals surface area contributed by atoms with Gasteiger partial charge in [0.2, 0.25) is 5.91 Å². The van der Waals surface area contributed by atoms with Gasteiger partial charge in [-0.2, -0.15) is 0 Å². The molecule has 0 saturated carbocycles. The highest BCUT2D eigenvalue weighted by atomic mass is 16.7. The summed E-state index contributed by atoms with van der Waals surface area (Å²) in [6.45, 7) is 3.59. The van der Waals surface area contributed by atoms with E-state index in [1.807, 2.05) is 6.08 Å². The van der Waals surface area contributed by atoms with Gasteiger partial charge < -0.3 is 40.3 Å². The second-order valence-electron chi connectivity index (χ2n) is 16.9. The summed E-state index contributed by atoms with van der Waals surface area (Å²) in [5, 5.41) is 54.2. The molecule has 6 N–H and O–H groups in total. The Labute approximate surface area is 389 Å². The topological polar surface area (TPSA) is 149 Å². The number of aliphatic hydroxyl groups is 5. The van der Waals surface area contributed by atoms with Crippen LogP contribution in [0.3, 0.4) is 0 Å². The molecule has 1 rings (SSSR count). The van der Waals surface area contributed by atoms with E-state index in [0.717, 1.165) is 103 Å². The number of unbranched alkanes of at least 4 members (excludes halogenated alkanes) is 14. The van der Waals surface area contributed by atoms with E-state index in [1.165, 1.54) is 51.4 Å². The monoisotopic (exact) mass is 894 g/mol. The number of amides is 1. The first-order valence-electron chi connectivity index (χ1n) is 25.1. The first-order chi connectivity index (χ1) is 31.3. The van der Waals surface area contributed by atoms with Gasteiger partial charge in [0.25, 0.3) is 0 Å². The zero-order valence-electron chi connectivity index (χ0n) is 40.0. The highest BCUT2D eigenvalue weighted by molar-refractivity contribution is 5.76. The Hall–Kier alpha value is -3.15. The van der Waals surface area contributed by atoms with Crippen molar-refractivity contribution in [3.63, 3.8) is 0 Å². The maximum absolute atomic E-state index is 13.0. The third-order valence-electron chi connectivity index (χ3n) is 11.1. The third-order valence-corrected chi connectivity index (χ3v) is 11.1. The lowest BCUT2D eigenvalue weighted by atomic mass is 9.99. The van der Waals surface area contributed by atoms with Gasteiger partial charge >= 0.3 is 0 Å². The lowest BCUT2D eigenvalue weighted by Crippen LogP contribution is -2.60. The third kappa shape index (κ3) is 33.3. The van der Waals surface area contributed by atoms with Gasteiger partial charge in [-0.25, -0.2) is 0 Å². The minimum absolute atomic E-state index is 0.206. The van der Waals surface area contributed by atoms with Gasteiger partial charge in [0, 0.05) is 6.42 Å². The summed E-state index contributed by atoms with van der Waals surface area (Å²) in [4.78, 5) is 13.0. The molecule has 9 heteroatoms. The molecule has 64 heavy (non-hydrogen) atoms. The van der Waals surface area contributed by atoms with Crippen LogP contribution in [0.4, 0.5) is 0 Å². The van der Waals surface area contributed by atoms with Crippen molar-refractivity contribution in [2.24, 2.45) is 0 Å². The lowest BCUT2D eigenvalue weighted by molar-refractivity contribution is -0.302. The molecule has 1 aliphatic rings. The summed E-state index contributed by atoms with van der Waals surface area (Å²) in [5.74, 6) is -0.206. The summed E-state index contributed by atoms with van der Waals surface area (Å²) in [6, 6.07) is -0.840. The number of nitrogens with one attached hydrogen (secondary N) is 1. The van der Waals surface area contributed by atoms with Crippen LogP contribution in [-0.2, 0) is 14.3 Å². The van der Waals surface area contributed by atoms with Crippen LogP contribution in [0.1, 0.15) is 174 Å². The predicted octanol–water partition coefficient (Wildman–Crippen LogP) is 11.4. The molecule has 364 valence electrons. The molecule has 7 atom stereocenters.